The number of aryl methyl sites for hydroxylation is 2. The standard InChI is InChI=1S/C10H9N3O2S2/c11-17(14,15)7-3-1-6-2-4-9-10(8(6)5-7)12-13-16-9/h1,3,5H,2,4H2,(H2,11,14,15). The van der Waals surface area contributed by atoms with Gasteiger partial charge in [0, 0.05) is 5.56 Å². The van der Waals surface area contributed by atoms with Gasteiger partial charge in [0.15, 0.2) is 0 Å². The van der Waals surface area contributed by atoms with Crippen molar-refractivity contribution in [2.75, 3.05) is 0 Å². The zero-order valence-corrected chi connectivity index (χ0v) is 10.4. The summed E-state index contributed by atoms with van der Waals surface area (Å²) >= 11 is 1.36. The lowest BCUT2D eigenvalue weighted by Gasteiger charge is -2.14. The van der Waals surface area contributed by atoms with Gasteiger partial charge < -0.3 is 0 Å². The Kier molecular flexibility index (Phi) is 2.29. The van der Waals surface area contributed by atoms with E-state index in [9.17, 15) is 8.42 Å². The highest BCUT2D eigenvalue weighted by Gasteiger charge is 2.21. The number of aromatic nitrogens is 2. The monoisotopic (exact) mass is 267 g/mol. The molecule has 0 fully saturated rings. The molecule has 0 atom stereocenters. The zero-order valence-electron chi connectivity index (χ0n) is 8.75. The van der Waals surface area contributed by atoms with Gasteiger partial charge in [-0.25, -0.2) is 13.6 Å². The number of benzene rings is 1. The Morgan fingerprint density at radius 3 is 2.88 bits per heavy atom. The largest absolute Gasteiger partial charge is 0.238 e. The van der Waals surface area contributed by atoms with E-state index in [1.165, 1.54) is 11.5 Å². The number of fused-ring (bicyclic) bond motifs is 3. The molecule has 1 heterocycles. The van der Waals surface area contributed by atoms with Crippen molar-refractivity contribution in [1.29, 1.82) is 0 Å². The summed E-state index contributed by atoms with van der Waals surface area (Å²) in [5.74, 6) is 0. The van der Waals surface area contributed by atoms with E-state index in [1.54, 1.807) is 18.2 Å². The highest BCUT2D eigenvalue weighted by Crippen LogP contribution is 2.34. The number of nitrogens with two attached hydrogens (primary N) is 1. The third kappa shape index (κ3) is 1.76. The van der Waals surface area contributed by atoms with E-state index in [4.69, 9.17) is 5.14 Å². The van der Waals surface area contributed by atoms with Gasteiger partial charge in [-0.1, -0.05) is 10.6 Å². The van der Waals surface area contributed by atoms with E-state index in [-0.39, 0.29) is 4.90 Å². The fraction of sp³-hybridized carbons (Fsp3) is 0.200. The van der Waals surface area contributed by atoms with Gasteiger partial charge in [-0.15, -0.1) is 5.10 Å². The molecule has 7 heteroatoms. The highest BCUT2D eigenvalue weighted by atomic mass is 32.2. The Hall–Kier alpha value is -1.31. The lowest BCUT2D eigenvalue weighted by atomic mass is 9.94. The summed E-state index contributed by atoms with van der Waals surface area (Å²) < 4.78 is 26.5. The van der Waals surface area contributed by atoms with Gasteiger partial charge in [0.05, 0.1) is 9.77 Å². The van der Waals surface area contributed by atoms with Crippen LogP contribution in [0.25, 0.3) is 11.3 Å². The van der Waals surface area contributed by atoms with Crippen molar-refractivity contribution in [3.05, 3.63) is 28.6 Å². The third-order valence-corrected chi connectivity index (χ3v) is 4.53. The van der Waals surface area contributed by atoms with Crippen molar-refractivity contribution in [3.63, 3.8) is 0 Å². The van der Waals surface area contributed by atoms with Gasteiger partial charge in [-0.3, -0.25) is 0 Å². The molecule has 0 saturated carbocycles. The fourth-order valence-electron chi connectivity index (χ4n) is 2.00. The second-order valence-electron chi connectivity index (χ2n) is 3.91. The number of hydrogen-bond acceptors (Lipinski definition) is 5. The van der Waals surface area contributed by atoms with Gasteiger partial charge in [-0.2, -0.15) is 0 Å². The van der Waals surface area contributed by atoms with Crippen LogP contribution in [0.2, 0.25) is 0 Å². The predicted molar refractivity (Wildman–Crippen MR) is 64.1 cm³/mol. The average Bonchev–Trinajstić information content (AvgIpc) is 2.75. The predicted octanol–water partition coefficient (Wildman–Crippen LogP) is 0.951. The molecule has 3 rings (SSSR count). The minimum Gasteiger partial charge on any atom is -0.225 e. The Labute approximate surface area is 103 Å². The lowest BCUT2D eigenvalue weighted by molar-refractivity contribution is 0.598. The summed E-state index contributed by atoms with van der Waals surface area (Å²) in [6.45, 7) is 0. The van der Waals surface area contributed by atoms with Crippen LogP contribution in [0.3, 0.4) is 0 Å². The van der Waals surface area contributed by atoms with E-state index in [2.05, 4.69) is 9.59 Å². The maximum atomic E-state index is 11.3. The quantitative estimate of drug-likeness (QED) is 0.833. The van der Waals surface area contributed by atoms with E-state index in [0.717, 1.165) is 34.5 Å². The Morgan fingerprint density at radius 1 is 1.29 bits per heavy atom. The first-order valence-electron chi connectivity index (χ1n) is 5.03. The summed E-state index contributed by atoms with van der Waals surface area (Å²) in [6, 6.07) is 4.93. The molecule has 1 aromatic heterocycles. The normalized spacial score (nSPS) is 14.2. The molecule has 0 radical (unpaired) electrons. The molecular formula is C10H9N3O2S2. The average molecular weight is 267 g/mol. The van der Waals surface area contributed by atoms with Crippen LogP contribution in [0.5, 0.6) is 0 Å². The van der Waals surface area contributed by atoms with Crippen LogP contribution in [0.4, 0.5) is 0 Å². The molecule has 1 aliphatic carbocycles. The van der Waals surface area contributed by atoms with Gasteiger partial charge in [0.1, 0.15) is 5.69 Å². The lowest BCUT2D eigenvalue weighted by Crippen LogP contribution is -2.13. The number of nitrogens with zero attached hydrogens (tertiary/aromatic N) is 2. The van der Waals surface area contributed by atoms with Gasteiger partial charge >= 0.3 is 0 Å². The molecule has 0 bridgehead atoms. The summed E-state index contributed by atoms with van der Waals surface area (Å²) in [4.78, 5) is 1.22. The summed E-state index contributed by atoms with van der Waals surface area (Å²) in [6.07, 6.45) is 1.80. The summed E-state index contributed by atoms with van der Waals surface area (Å²) in [5, 5.41) is 9.18. The molecule has 5 nitrogen and oxygen atoms in total. The molecule has 88 valence electrons. The highest BCUT2D eigenvalue weighted by molar-refractivity contribution is 7.89. The van der Waals surface area contributed by atoms with E-state index >= 15 is 0 Å². The Bertz CT molecular complexity index is 691. The topological polar surface area (TPSA) is 85.9 Å². The SMILES string of the molecule is NS(=O)(=O)c1ccc2c(c1)-c1nnsc1CC2. The van der Waals surface area contributed by atoms with E-state index < -0.39 is 10.0 Å². The van der Waals surface area contributed by atoms with Crippen LogP contribution in [-0.4, -0.2) is 18.0 Å². The molecule has 2 N–H and O–H groups in total. The molecule has 0 aliphatic heterocycles. The first-order valence-corrected chi connectivity index (χ1v) is 7.35. The van der Waals surface area contributed by atoms with Gasteiger partial charge in [0.2, 0.25) is 10.0 Å². The maximum absolute atomic E-state index is 11.3. The first kappa shape index (κ1) is 10.8. The van der Waals surface area contributed by atoms with Crippen LogP contribution in [0.1, 0.15) is 10.4 Å². The summed E-state index contributed by atoms with van der Waals surface area (Å²) in [7, 11) is -3.67. The van der Waals surface area contributed by atoms with Gasteiger partial charge in [0.25, 0.3) is 0 Å². The van der Waals surface area contributed by atoms with Crippen LogP contribution in [0.15, 0.2) is 23.1 Å². The van der Waals surface area contributed by atoms with Crippen molar-refractivity contribution in [2.45, 2.75) is 17.7 Å². The summed E-state index contributed by atoms with van der Waals surface area (Å²) in [5.41, 5.74) is 2.73. The van der Waals surface area contributed by atoms with Crippen LogP contribution in [-0.2, 0) is 22.9 Å². The molecule has 0 spiro atoms. The molecule has 1 aliphatic rings. The minimum atomic E-state index is -3.67. The number of hydrogen-bond donors (Lipinski definition) is 1. The van der Waals surface area contributed by atoms with Crippen LogP contribution in [0, 0.1) is 0 Å². The molecule has 0 saturated heterocycles. The molecular weight excluding hydrogens is 258 g/mol. The fourth-order valence-corrected chi connectivity index (χ4v) is 3.19. The molecule has 0 unspecified atom stereocenters. The number of rotatable bonds is 1. The van der Waals surface area contributed by atoms with E-state index in [1.807, 2.05) is 0 Å². The Balaban J connectivity index is 2.25. The molecule has 17 heavy (non-hydrogen) atoms. The molecule has 1 aromatic carbocycles. The van der Waals surface area contributed by atoms with Crippen molar-refractivity contribution < 1.29 is 8.42 Å². The number of sulfonamides is 1. The van der Waals surface area contributed by atoms with Crippen molar-refractivity contribution in [2.24, 2.45) is 5.14 Å². The second kappa shape index (κ2) is 3.59. The Morgan fingerprint density at radius 2 is 2.12 bits per heavy atom. The number of primary sulfonamides is 1. The zero-order chi connectivity index (χ0) is 12.0. The maximum Gasteiger partial charge on any atom is 0.238 e. The minimum absolute atomic E-state index is 0.122. The molecule has 0 amide bonds. The van der Waals surface area contributed by atoms with Crippen LogP contribution >= 0.6 is 11.5 Å². The van der Waals surface area contributed by atoms with Crippen molar-refractivity contribution in [1.82, 2.24) is 9.59 Å². The smallest absolute Gasteiger partial charge is 0.225 e. The van der Waals surface area contributed by atoms with E-state index in [0.29, 0.717) is 0 Å². The van der Waals surface area contributed by atoms with Crippen molar-refractivity contribution in [3.8, 4) is 11.3 Å². The van der Waals surface area contributed by atoms with Crippen LogP contribution < -0.4 is 5.14 Å². The van der Waals surface area contributed by atoms with Gasteiger partial charge in [-0.05, 0) is 42.1 Å². The first-order chi connectivity index (χ1) is 8.05. The van der Waals surface area contributed by atoms with Crippen molar-refractivity contribution >= 4 is 21.6 Å². The second-order valence-corrected chi connectivity index (χ2v) is 6.31. The molecule has 2 aromatic rings. The third-order valence-electron chi connectivity index (χ3n) is 2.84.